The Balaban J connectivity index is 1.64. The summed E-state index contributed by atoms with van der Waals surface area (Å²) in [4.78, 5) is 12.1. The van der Waals surface area contributed by atoms with Crippen LogP contribution in [0.2, 0.25) is 0 Å². The van der Waals surface area contributed by atoms with E-state index in [-0.39, 0.29) is 5.69 Å². The van der Waals surface area contributed by atoms with Gasteiger partial charge in [0.25, 0.3) is 5.91 Å². The lowest BCUT2D eigenvalue weighted by molar-refractivity contribution is 0.0950. The maximum Gasteiger partial charge on any atom is 0.289 e. The van der Waals surface area contributed by atoms with Crippen molar-refractivity contribution in [1.82, 2.24) is 15.6 Å². The number of hydrogen-bond acceptors (Lipinski definition) is 6. The van der Waals surface area contributed by atoms with Gasteiger partial charge >= 0.3 is 0 Å². The standard InChI is InChI=1S/C19H18N4O4/c1-25-17-8-7-13(11-18(17)26-2)15-12-16(22-21-15)19(24)23-20-9-3-5-14-6-4-10-27-14/h3-12H,1-2H3,(H,21,22)(H,23,24)/b5-3+,20-9-. The molecule has 0 spiro atoms. The molecule has 0 bridgehead atoms. The van der Waals surface area contributed by atoms with Crippen molar-refractivity contribution in [2.45, 2.75) is 0 Å². The number of carbonyl (C=O) groups excluding carboxylic acids is 1. The molecule has 0 aliphatic heterocycles. The number of ether oxygens (including phenoxy) is 2. The molecule has 0 saturated heterocycles. The van der Waals surface area contributed by atoms with Crippen LogP contribution in [0.3, 0.4) is 0 Å². The number of H-pyrrole nitrogens is 1. The summed E-state index contributed by atoms with van der Waals surface area (Å²) >= 11 is 0. The summed E-state index contributed by atoms with van der Waals surface area (Å²) in [5, 5.41) is 10.7. The molecule has 8 heteroatoms. The highest BCUT2D eigenvalue weighted by Gasteiger charge is 2.12. The van der Waals surface area contributed by atoms with Gasteiger partial charge in [-0.2, -0.15) is 10.2 Å². The molecular weight excluding hydrogens is 348 g/mol. The second kappa shape index (κ2) is 8.52. The molecule has 0 unspecified atom stereocenters. The minimum atomic E-state index is -0.406. The second-order valence-electron chi connectivity index (χ2n) is 5.33. The third kappa shape index (κ3) is 4.43. The fourth-order valence-corrected chi connectivity index (χ4v) is 2.30. The molecule has 8 nitrogen and oxygen atoms in total. The Morgan fingerprint density at radius 2 is 2.07 bits per heavy atom. The van der Waals surface area contributed by atoms with E-state index in [9.17, 15) is 4.79 Å². The molecule has 1 aromatic carbocycles. The zero-order valence-electron chi connectivity index (χ0n) is 14.8. The highest BCUT2D eigenvalue weighted by Crippen LogP contribution is 2.31. The number of amides is 1. The summed E-state index contributed by atoms with van der Waals surface area (Å²) in [6.07, 6.45) is 6.40. The van der Waals surface area contributed by atoms with Gasteiger partial charge in [-0.05, 0) is 48.6 Å². The van der Waals surface area contributed by atoms with E-state index in [1.807, 2.05) is 12.1 Å². The van der Waals surface area contributed by atoms with Crippen LogP contribution in [0, 0.1) is 0 Å². The van der Waals surface area contributed by atoms with Crippen molar-refractivity contribution in [2.24, 2.45) is 5.10 Å². The lowest BCUT2D eigenvalue weighted by Gasteiger charge is -2.08. The van der Waals surface area contributed by atoms with Crippen molar-refractivity contribution < 1.29 is 18.7 Å². The number of nitrogens with one attached hydrogen (secondary N) is 2. The number of benzene rings is 1. The number of rotatable bonds is 7. The van der Waals surface area contributed by atoms with Gasteiger partial charge in [-0.25, -0.2) is 5.43 Å². The third-order valence-electron chi connectivity index (χ3n) is 3.63. The van der Waals surface area contributed by atoms with E-state index >= 15 is 0 Å². The summed E-state index contributed by atoms with van der Waals surface area (Å²) in [5.41, 5.74) is 4.09. The molecule has 0 aliphatic carbocycles. The first-order valence-corrected chi connectivity index (χ1v) is 8.02. The summed E-state index contributed by atoms with van der Waals surface area (Å²) in [5.74, 6) is 1.49. The van der Waals surface area contributed by atoms with E-state index in [1.54, 1.807) is 56.9 Å². The second-order valence-corrected chi connectivity index (χ2v) is 5.33. The fourth-order valence-electron chi connectivity index (χ4n) is 2.30. The Morgan fingerprint density at radius 1 is 1.22 bits per heavy atom. The van der Waals surface area contributed by atoms with Crippen LogP contribution < -0.4 is 14.9 Å². The number of hydrogen-bond donors (Lipinski definition) is 2. The van der Waals surface area contributed by atoms with E-state index in [0.29, 0.717) is 23.0 Å². The van der Waals surface area contributed by atoms with Crippen LogP contribution in [0.25, 0.3) is 17.3 Å². The van der Waals surface area contributed by atoms with Gasteiger partial charge in [0, 0.05) is 11.8 Å². The maximum absolute atomic E-state index is 12.1. The number of allylic oxidation sites excluding steroid dienone is 1. The summed E-state index contributed by atoms with van der Waals surface area (Å²) < 4.78 is 15.6. The van der Waals surface area contributed by atoms with E-state index in [2.05, 4.69) is 20.7 Å². The van der Waals surface area contributed by atoms with Crippen LogP contribution in [0.4, 0.5) is 0 Å². The first kappa shape index (κ1) is 18.0. The van der Waals surface area contributed by atoms with Gasteiger partial charge < -0.3 is 13.9 Å². The SMILES string of the molecule is COc1ccc(-c2cc(C(=O)N/N=C\C=C\c3ccco3)[nH]n2)cc1OC. The van der Waals surface area contributed by atoms with E-state index in [4.69, 9.17) is 13.9 Å². The van der Waals surface area contributed by atoms with Gasteiger partial charge in [-0.1, -0.05) is 0 Å². The maximum atomic E-state index is 12.1. The largest absolute Gasteiger partial charge is 0.493 e. The average molecular weight is 366 g/mol. The van der Waals surface area contributed by atoms with E-state index in [1.165, 1.54) is 6.21 Å². The molecular formula is C19H18N4O4. The van der Waals surface area contributed by atoms with E-state index < -0.39 is 5.91 Å². The number of furan rings is 1. The molecule has 0 radical (unpaired) electrons. The monoisotopic (exact) mass is 366 g/mol. The lowest BCUT2D eigenvalue weighted by Crippen LogP contribution is -2.17. The Morgan fingerprint density at radius 3 is 2.81 bits per heavy atom. The van der Waals surface area contributed by atoms with Crippen molar-refractivity contribution >= 4 is 18.2 Å². The predicted molar refractivity (Wildman–Crippen MR) is 101 cm³/mol. The zero-order chi connectivity index (χ0) is 19.1. The molecule has 1 amide bonds. The average Bonchev–Trinajstić information content (AvgIpc) is 3.39. The van der Waals surface area contributed by atoms with Gasteiger partial charge in [0.05, 0.1) is 26.2 Å². The molecule has 2 N–H and O–H groups in total. The fraction of sp³-hybridized carbons (Fsp3) is 0.105. The van der Waals surface area contributed by atoms with Crippen LogP contribution in [-0.2, 0) is 0 Å². The van der Waals surface area contributed by atoms with Gasteiger partial charge in [-0.15, -0.1) is 0 Å². The highest BCUT2D eigenvalue weighted by molar-refractivity contribution is 5.94. The van der Waals surface area contributed by atoms with Gasteiger partial charge in [0.15, 0.2) is 11.5 Å². The Hall–Kier alpha value is -3.81. The van der Waals surface area contributed by atoms with Crippen LogP contribution in [0.15, 0.2) is 58.3 Å². The number of nitrogens with zero attached hydrogens (tertiary/aromatic N) is 2. The highest BCUT2D eigenvalue weighted by atomic mass is 16.5. The Bertz CT molecular complexity index is 958. The molecule has 0 atom stereocenters. The number of hydrazone groups is 1. The number of aromatic amines is 1. The topological polar surface area (TPSA) is 102 Å². The molecule has 2 aromatic heterocycles. The minimum absolute atomic E-state index is 0.284. The van der Waals surface area contributed by atoms with Crippen LogP contribution >= 0.6 is 0 Å². The number of aromatic nitrogens is 2. The molecule has 0 aliphatic rings. The Labute approximate surface area is 155 Å². The lowest BCUT2D eigenvalue weighted by atomic mass is 10.1. The van der Waals surface area contributed by atoms with Gasteiger partial charge in [-0.3, -0.25) is 9.89 Å². The van der Waals surface area contributed by atoms with Crippen LogP contribution in [0.1, 0.15) is 16.2 Å². The predicted octanol–water partition coefficient (Wildman–Crippen LogP) is 3.12. The third-order valence-corrected chi connectivity index (χ3v) is 3.63. The smallest absolute Gasteiger partial charge is 0.289 e. The Kier molecular flexibility index (Phi) is 5.68. The summed E-state index contributed by atoms with van der Waals surface area (Å²) in [6, 6.07) is 10.6. The summed E-state index contributed by atoms with van der Waals surface area (Å²) in [7, 11) is 3.13. The first-order valence-electron chi connectivity index (χ1n) is 8.02. The quantitative estimate of drug-likeness (QED) is 0.494. The molecule has 0 fully saturated rings. The minimum Gasteiger partial charge on any atom is -0.493 e. The van der Waals surface area contributed by atoms with Crippen molar-refractivity contribution in [2.75, 3.05) is 14.2 Å². The van der Waals surface area contributed by atoms with E-state index in [0.717, 1.165) is 5.56 Å². The first-order chi connectivity index (χ1) is 13.2. The molecule has 138 valence electrons. The van der Waals surface area contributed by atoms with Gasteiger partial charge in [0.1, 0.15) is 11.5 Å². The molecule has 27 heavy (non-hydrogen) atoms. The van der Waals surface area contributed by atoms with Crippen molar-refractivity contribution in [1.29, 1.82) is 0 Å². The number of methoxy groups -OCH3 is 2. The normalized spacial score (nSPS) is 11.2. The number of carbonyl (C=O) groups is 1. The molecule has 3 rings (SSSR count). The van der Waals surface area contributed by atoms with Crippen LogP contribution in [-0.4, -0.2) is 36.5 Å². The van der Waals surface area contributed by atoms with Crippen molar-refractivity contribution in [3.63, 3.8) is 0 Å². The molecule has 3 aromatic rings. The van der Waals surface area contributed by atoms with Crippen molar-refractivity contribution in [3.8, 4) is 22.8 Å². The zero-order valence-corrected chi connectivity index (χ0v) is 14.8. The molecule has 2 heterocycles. The molecule has 0 saturated carbocycles. The van der Waals surface area contributed by atoms with Crippen LogP contribution in [0.5, 0.6) is 11.5 Å². The van der Waals surface area contributed by atoms with Gasteiger partial charge in [0.2, 0.25) is 0 Å². The van der Waals surface area contributed by atoms with Crippen molar-refractivity contribution in [3.05, 3.63) is 60.2 Å². The summed E-state index contributed by atoms with van der Waals surface area (Å²) in [6.45, 7) is 0.